The molecule has 2 N–H and O–H groups in total. The molecule has 0 saturated heterocycles. The number of aromatic carboxylic acids is 1. The van der Waals surface area contributed by atoms with Crippen molar-refractivity contribution >= 4 is 16.9 Å². The largest absolute Gasteiger partial charge is 0.496 e. The van der Waals surface area contributed by atoms with Crippen LogP contribution >= 0.6 is 0 Å². The Morgan fingerprint density at radius 1 is 1.19 bits per heavy atom. The van der Waals surface area contributed by atoms with Crippen molar-refractivity contribution < 1.29 is 28.9 Å². The number of fused-ring (bicyclic) bond motifs is 1. The van der Waals surface area contributed by atoms with Crippen LogP contribution in [0.15, 0.2) is 47.4 Å². The van der Waals surface area contributed by atoms with Crippen LogP contribution in [0.2, 0.25) is 0 Å². The van der Waals surface area contributed by atoms with Gasteiger partial charge in [0.1, 0.15) is 29.5 Å². The first-order valence-electron chi connectivity index (χ1n) is 9.75. The molecular weight excluding hydrogens is 405 g/mol. The molecule has 3 rings (SSSR count). The lowest BCUT2D eigenvalue weighted by Crippen LogP contribution is -2.25. The Morgan fingerprint density at radius 2 is 1.87 bits per heavy atom. The molecule has 0 saturated carbocycles. The number of hydrogen-bond acceptors (Lipinski definition) is 5. The standard InChI is InChI=1S/C23H24FNO6/c1-13(2)20(11-26)25-10-18(23(28)29)22(27)17-8-14(21(30-3)9-19(17)25)12-31-16-6-4-15(24)5-7-16/h4-10,13,20,26H,11-12H2,1-3H3,(H,28,29)/t20-/m1/s1. The maximum absolute atomic E-state index is 13.1. The van der Waals surface area contributed by atoms with Crippen LogP contribution in [0.4, 0.5) is 4.39 Å². The predicted molar refractivity (Wildman–Crippen MR) is 113 cm³/mol. The number of carboxylic acid groups (broad SMARTS) is 1. The quantitative estimate of drug-likeness (QED) is 0.568. The summed E-state index contributed by atoms with van der Waals surface area (Å²) in [6.07, 6.45) is 1.27. The first kappa shape index (κ1) is 22.3. The Labute approximate surface area is 178 Å². The predicted octanol–water partition coefficient (Wildman–Crippen LogP) is 3.62. The third-order valence-electron chi connectivity index (χ3n) is 5.19. The zero-order valence-corrected chi connectivity index (χ0v) is 17.5. The zero-order chi connectivity index (χ0) is 22.7. The van der Waals surface area contributed by atoms with Crippen molar-refractivity contribution in [2.45, 2.75) is 26.5 Å². The number of ether oxygens (including phenoxy) is 2. The van der Waals surface area contributed by atoms with Gasteiger partial charge in [0, 0.05) is 23.2 Å². The van der Waals surface area contributed by atoms with E-state index in [1.165, 1.54) is 43.6 Å². The van der Waals surface area contributed by atoms with E-state index in [1.54, 1.807) is 10.6 Å². The summed E-state index contributed by atoms with van der Waals surface area (Å²) in [5.41, 5.74) is -0.0483. The highest BCUT2D eigenvalue weighted by molar-refractivity contribution is 5.93. The number of carbonyl (C=O) groups is 1. The van der Waals surface area contributed by atoms with Crippen LogP contribution in [0, 0.1) is 11.7 Å². The molecule has 0 bridgehead atoms. The first-order valence-corrected chi connectivity index (χ1v) is 9.75. The highest BCUT2D eigenvalue weighted by atomic mass is 19.1. The molecule has 0 amide bonds. The first-order chi connectivity index (χ1) is 14.8. The lowest BCUT2D eigenvalue weighted by atomic mass is 10.0. The average Bonchev–Trinajstić information content (AvgIpc) is 2.74. The van der Waals surface area contributed by atoms with Gasteiger partial charge in [0.2, 0.25) is 5.43 Å². The fourth-order valence-corrected chi connectivity index (χ4v) is 3.46. The van der Waals surface area contributed by atoms with Crippen molar-refractivity contribution in [3.63, 3.8) is 0 Å². The van der Waals surface area contributed by atoms with Crippen molar-refractivity contribution in [2.24, 2.45) is 5.92 Å². The van der Waals surface area contributed by atoms with Crippen LogP contribution in [-0.4, -0.2) is 34.5 Å². The van der Waals surface area contributed by atoms with Crippen LogP contribution in [0.5, 0.6) is 11.5 Å². The summed E-state index contributed by atoms with van der Waals surface area (Å²) >= 11 is 0. The second-order valence-corrected chi connectivity index (χ2v) is 7.50. The third-order valence-corrected chi connectivity index (χ3v) is 5.19. The van der Waals surface area contributed by atoms with Crippen molar-refractivity contribution in [1.82, 2.24) is 4.57 Å². The molecule has 31 heavy (non-hydrogen) atoms. The minimum atomic E-state index is -1.35. The Kier molecular flexibility index (Phi) is 6.60. The van der Waals surface area contributed by atoms with E-state index in [1.807, 2.05) is 13.8 Å². The number of pyridine rings is 1. The maximum Gasteiger partial charge on any atom is 0.341 e. The molecule has 0 aliphatic carbocycles. The SMILES string of the molecule is COc1cc2c(cc1COc1ccc(F)cc1)c(=O)c(C(=O)O)cn2[C@H](CO)C(C)C. The van der Waals surface area contributed by atoms with Crippen molar-refractivity contribution in [3.05, 3.63) is 69.8 Å². The molecule has 1 heterocycles. The lowest BCUT2D eigenvalue weighted by Gasteiger charge is -2.25. The zero-order valence-electron chi connectivity index (χ0n) is 17.5. The molecule has 2 aromatic carbocycles. The highest BCUT2D eigenvalue weighted by Gasteiger charge is 2.22. The number of nitrogens with zero attached hydrogens (tertiary/aromatic N) is 1. The minimum Gasteiger partial charge on any atom is -0.496 e. The van der Waals surface area contributed by atoms with Crippen LogP contribution in [-0.2, 0) is 6.61 Å². The van der Waals surface area contributed by atoms with Gasteiger partial charge in [0.05, 0.1) is 25.3 Å². The molecule has 164 valence electrons. The Morgan fingerprint density at radius 3 is 2.42 bits per heavy atom. The van der Waals surface area contributed by atoms with Crippen molar-refractivity contribution in [3.8, 4) is 11.5 Å². The van der Waals surface area contributed by atoms with E-state index in [0.717, 1.165) is 0 Å². The number of aromatic nitrogens is 1. The second kappa shape index (κ2) is 9.18. The molecule has 0 radical (unpaired) electrons. The van der Waals surface area contributed by atoms with Crippen LogP contribution in [0.1, 0.15) is 35.8 Å². The Hall–Kier alpha value is -3.39. The molecule has 0 spiro atoms. The highest BCUT2D eigenvalue weighted by Crippen LogP contribution is 2.29. The van der Waals surface area contributed by atoms with E-state index < -0.39 is 17.4 Å². The van der Waals surface area contributed by atoms with Gasteiger partial charge < -0.3 is 24.3 Å². The third kappa shape index (κ3) is 4.54. The monoisotopic (exact) mass is 429 g/mol. The molecule has 1 aromatic heterocycles. The van der Waals surface area contributed by atoms with Gasteiger partial charge in [-0.3, -0.25) is 4.79 Å². The number of halogens is 1. The molecule has 7 nitrogen and oxygen atoms in total. The molecule has 0 aliphatic rings. The number of hydrogen-bond donors (Lipinski definition) is 2. The van der Waals surface area contributed by atoms with E-state index in [0.29, 0.717) is 22.6 Å². The summed E-state index contributed by atoms with van der Waals surface area (Å²) in [5.74, 6) is -0.890. The maximum atomic E-state index is 13.1. The minimum absolute atomic E-state index is 0.0229. The van der Waals surface area contributed by atoms with Gasteiger partial charge in [-0.15, -0.1) is 0 Å². The summed E-state index contributed by atoms with van der Waals surface area (Å²) in [7, 11) is 1.47. The average molecular weight is 429 g/mol. The second-order valence-electron chi connectivity index (χ2n) is 7.50. The van der Waals surface area contributed by atoms with Gasteiger partial charge in [-0.1, -0.05) is 13.8 Å². The van der Waals surface area contributed by atoms with Crippen LogP contribution in [0.3, 0.4) is 0 Å². The molecule has 0 fully saturated rings. The molecule has 3 aromatic rings. The molecule has 0 unspecified atom stereocenters. The number of aliphatic hydroxyl groups excluding tert-OH is 1. The van der Waals surface area contributed by atoms with Gasteiger partial charge in [-0.2, -0.15) is 0 Å². The Balaban J connectivity index is 2.17. The van der Waals surface area contributed by atoms with E-state index in [-0.39, 0.29) is 35.9 Å². The van der Waals surface area contributed by atoms with Gasteiger partial charge in [0.25, 0.3) is 0 Å². The van der Waals surface area contributed by atoms with E-state index in [4.69, 9.17) is 9.47 Å². The van der Waals surface area contributed by atoms with Gasteiger partial charge in [0.15, 0.2) is 0 Å². The smallest absolute Gasteiger partial charge is 0.341 e. The number of rotatable bonds is 8. The summed E-state index contributed by atoms with van der Waals surface area (Å²) in [6, 6.07) is 8.23. The molecular formula is C23H24FNO6. The fraction of sp³-hybridized carbons (Fsp3) is 0.304. The lowest BCUT2D eigenvalue weighted by molar-refractivity contribution is 0.0694. The van der Waals surface area contributed by atoms with Gasteiger partial charge in [-0.05, 0) is 36.2 Å². The number of aliphatic hydroxyl groups is 1. The van der Waals surface area contributed by atoms with E-state index >= 15 is 0 Å². The van der Waals surface area contributed by atoms with Crippen LogP contribution < -0.4 is 14.9 Å². The number of benzene rings is 2. The normalized spacial score (nSPS) is 12.2. The molecule has 0 aliphatic heterocycles. The number of methoxy groups -OCH3 is 1. The van der Waals surface area contributed by atoms with Gasteiger partial charge >= 0.3 is 5.97 Å². The van der Waals surface area contributed by atoms with Crippen LogP contribution in [0.25, 0.3) is 10.9 Å². The van der Waals surface area contributed by atoms with Crippen molar-refractivity contribution in [2.75, 3.05) is 13.7 Å². The summed E-state index contributed by atoms with van der Waals surface area (Å²) in [6.45, 7) is 3.59. The number of carboxylic acids is 1. The molecule has 8 heteroatoms. The Bertz CT molecular complexity index is 1150. The fourth-order valence-electron chi connectivity index (χ4n) is 3.46. The summed E-state index contributed by atoms with van der Waals surface area (Å²) in [5, 5.41) is 19.6. The topological polar surface area (TPSA) is 98.0 Å². The van der Waals surface area contributed by atoms with E-state index in [9.17, 15) is 24.2 Å². The molecule has 1 atom stereocenters. The van der Waals surface area contributed by atoms with Crippen molar-refractivity contribution in [1.29, 1.82) is 0 Å². The summed E-state index contributed by atoms with van der Waals surface area (Å²) < 4.78 is 25.9. The summed E-state index contributed by atoms with van der Waals surface area (Å²) in [4.78, 5) is 24.6. The van der Waals surface area contributed by atoms with Gasteiger partial charge in [-0.25, -0.2) is 9.18 Å². The van der Waals surface area contributed by atoms with E-state index in [2.05, 4.69) is 0 Å².